The van der Waals surface area contributed by atoms with Gasteiger partial charge in [-0.25, -0.2) is 17.9 Å². The van der Waals surface area contributed by atoms with Crippen LogP contribution < -0.4 is 16.0 Å². The second kappa shape index (κ2) is 5.06. The molecular formula is C10H11N3O6S. The molecule has 0 fully saturated rings. The van der Waals surface area contributed by atoms with Crippen molar-refractivity contribution in [1.29, 1.82) is 0 Å². The first kappa shape index (κ1) is 14.2. The number of hydrogen-bond donors (Lipinski definition) is 4. The normalized spacial score (nSPS) is 22.0. The molecule has 1 aromatic heterocycles. The molecule has 1 aromatic rings. The van der Waals surface area contributed by atoms with E-state index in [0.717, 1.165) is 6.20 Å². The minimum absolute atomic E-state index is 0.0653. The molecule has 0 aromatic carbocycles. The lowest BCUT2D eigenvalue weighted by Crippen LogP contribution is -2.37. The van der Waals surface area contributed by atoms with Gasteiger partial charge < -0.3 is 10.1 Å². The van der Waals surface area contributed by atoms with Crippen LogP contribution in [0.15, 0.2) is 32.8 Å². The zero-order valence-corrected chi connectivity index (χ0v) is 10.8. The van der Waals surface area contributed by atoms with E-state index < -0.39 is 44.1 Å². The van der Waals surface area contributed by atoms with Gasteiger partial charge in [-0.3, -0.25) is 14.6 Å². The largest absolute Gasteiger partial charge is 0.481 e. The van der Waals surface area contributed by atoms with Crippen molar-refractivity contribution in [1.82, 2.24) is 14.7 Å². The Morgan fingerprint density at radius 2 is 2.05 bits per heavy atom. The van der Waals surface area contributed by atoms with Crippen LogP contribution in [0.5, 0.6) is 0 Å². The van der Waals surface area contributed by atoms with Gasteiger partial charge in [-0.05, 0) is 6.42 Å². The summed E-state index contributed by atoms with van der Waals surface area (Å²) >= 11 is 0. The van der Waals surface area contributed by atoms with E-state index in [9.17, 15) is 22.8 Å². The number of rotatable bonds is 4. The van der Waals surface area contributed by atoms with E-state index in [1.807, 2.05) is 0 Å². The van der Waals surface area contributed by atoms with Crippen LogP contribution in [0, 0.1) is 5.92 Å². The molecule has 2 atom stereocenters. The Morgan fingerprint density at radius 3 is 2.60 bits per heavy atom. The molecule has 1 aliphatic carbocycles. The highest BCUT2D eigenvalue weighted by molar-refractivity contribution is 7.89. The molecule has 1 aliphatic rings. The van der Waals surface area contributed by atoms with Gasteiger partial charge in [0, 0.05) is 12.2 Å². The highest BCUT2D eigenvalue weighted by Crippen LogP contribution is 2.19. The first-order chi connectivity index (χ1) is 9.29. The van der Waals surface area contributed by atoms with Crippen LogP contribution in [0.4, 0.5) is 0 Å². The molecule has 2 unspecified atom stereocenters. The molecule has 4 N–H and O–H groups in total. The number of carboxylic acid groups (broad SMARTS) is 1. The molecule has 0 bridgehead atoms. The van der Waals surface area contributed by atoms with Gasteiger partial charge in [-0.1, -0.05) is 12.2 Å². The topological polar surface area (TPSA) is 149 Å². The molecular weight excluding hydrogens is 290 g/mol. The predicted octanol–water partition coefficient (Wildman–Crippen LogP) is -1.63. The zero-order chi connectivity index (χ0) is 14.9. The minimum atomic E-state index is -4.15. The number of carboxylic acids is 1. The predicted molar refractivity (Wildman–Crippen MR) is 66.7 cm³/mol. The van der Waals surface area contributed by atoms with E-state index in [1.54, 1.807) is 4.98 Å². The van der Waals surface area contributed by atoms with Crippen molar-refractivity contribution in [2.24, 2.45) is 5.92 Å². The summed E-state index contributed by atoms with van der Waals surface area (Å²) in [7, 11) is -4.15. The van der Waals surface area contributed by atoms with Crippen LogP contribution in [-0.2, 0) is 14.8 Å². The minimum Gasteiger partial charge on any atom is -0.481 e. The van der Waals surface area contributed by atoms with Gasteiger partial charge in [0.1, 0.15) is 0 Å². The molecule has 20 heavy (non-hydrogen) atoms. The summed E-state index contributed by atoms with van der Waals surface area (Å²) in [6.45, 7) is 0. The number of nitrogens with one attached hydrogen (secondary N) is 3. The summed E-state index contributed by atoms with van der Waals surface area (Å²) < 4.78 is 26.1. The number of aliphatic carboxylic acids is 1. The molecule has 0 aliphatic heterocycles. The fourth-order valence-electron chi connectivity index (χ4n) is 1.83. The van der Waals surface area contributed by atoms with E-state index in [-0.39, 0.29) is 6.42 Å². The number of H-pyrrole nitrogens is 2. The Morgan fingerprint density at radius 1 is 1.35 bits per heavy atom. The van der Waals surface area contributed by atoms with Gasteiger partial charge in [0.2, 0.25) is 10.0 Å². The average Bonchev–Trinajstić information content (AvgIpc) is 2.76. The third kappa shape index (κ3) is 2.86. The van der Waals surface area contributed by atoms with Crippen molar-refractivity contribution >= 4 is 16.0 Å². The van der Waals surface area contributed by atoms with Gasteiger partial charge in [-0.15, -0.1) is 0 Å². The summed E-state index contributed by atoms with van der Waals surface area (Å²) in [5.74, 6) is -1.82. The molecule has 9 nitrogen and oxygen atoms in total. The number of hydrogen-bond acceptors (Lipinski definition) is 5. The van der Waals surface area contributed by atoms with Gasteiger partial charge in [0.25, 0.3) is 5.56 Å². The molecule has 0 radical (unpaired) electrons. The van der Waals surface area contributed by atoms with Crippen LogP contribution in [0.3, 0.4) is 0 Å². The van der Waals surface area contributed by atoms with Gasteiger partial charge >= 0.3 is 11.7 Å². The van der Waals surface area contributed by atoms with Gasteiger partial charge in [0.05, 0.1) is 5.92 Å². The number of carbonyl (C=O) groups is 1. The lowest BCUT2D eigenvalue weighted by Gasteiger charge is -2.11. The van der Waals surface area contributed by atoms with E-state index in [0.29, 0.717) is 0 Å². The Labute approximate surface area is 112 Å². The first-order valence-corrected chi connectivity index (χ1v) is 7.03. The van der Waals surface area contributed by atoms with Crippen molar-refractivity contribution < 1.29 is 18.3 Å². The maximum absolute atomic E-state index is 12.0. The van der Waals surface area contributed by atoms with Crippen LogP contribution in [0.1, 0.15) is 6.42 Å². The Hall–Kier alpha value is -2.20. The van der Waals surface area contributed by atoms with Crippen molar-refractivity contribution in [3.05, 3.63) is 39.2 Å². The van der Waals surface area contributed by atoms with E-state index in [1.165, 1.54) is 12.2 Å². The summed E-state index contributed by atoms with van der Waals surface area (Å²) in [5.41, 5.74) is -1.86. The highest BCUT2D eigenvalue weighted by Gasteiger charge is 2.29. The molecule has 0 amide bonds. The fraction of sp³-hybridized carbons (Fsp3) is 0.300. The smallest absolute Gasteiger partial charge is 0.325 e. The standard InChI is InChI=1S/C10H11N3O6S/c14-8-7(4-11-10(17)12-8)20(18,19)13-6-2-1-5(3-6)9(15)16/h1-2,4-6,13H,3H2,(H,15,16)(H2,11,12,14,17). The molecule has 0 spiro atoms. The number of aromatic amines is 2. The molecule has 108 valence electrons. The Bertz CT molecular complexity index is 775. The third-order valence-corrected chi connectivity index (χ3v) is 4.28. The van der Waals surface area contributed by atoms with Gasteiger partial charge in [0.15, 0.2) is 4.90 Å². The Balaban J connectivity index is 2.21. The molecule has 1 heterocycles. The highest BCUT2D eigenvalue weighted by atomic mass is 32.2. The van der Waals surface area contributed by atoms with E-state index in [4.69, 9.17) is 5.11 Å². The van der Waals surface area contributed by atoms with E-state index >= 15 is 0 Å². The Kier molecular flexibility index (Phi) is 3.59. The SMILES string of the molecule is O=C(O)C1C=CC(NS(=O)(=O)c2c[nH]c(=O)[nH]c2=O)C1. The average molecular weight is 301 g/mol. The number of aromatic nitrogens is 2. The summed E-state index contributed by atoms with van der Waals surface area (Å²) in [6, 6.07) is -0.715. The third-order valence-electron chi connectivity index (χ3n) is 2.78. The van der Waals surface area contributed by atoms with Gasteiger partial charge in [-0.2, -0.15) is 0 Å². The lowest BCUT2D eigenvalue weighted by atomic mass is 10.1. The zero-order valence-electron chi connectivity index (χ0n) is 9.99. The maximum atomic E-state index is 12.0. The quantitative estimate of drug-likeness (QED) is 0.490. The lowest BCUT2D eigenvalue weighted by molar-refractivity contribution is -0.140. The second-order valence-electron chi connectivity index (χ2n) is 4.23. The fourth-order valence-corrected chi connectivity index (χ4v) is 3.04. The van der Waals surface area contributed by atoms with Crippen molar-refractivity contribution in [3.8, 4) is 0 Å². The first-order valence-electron chi connectivity index (χ1n) is 5.55. The summed E-state index contributed by atoms with van der Waals surface area (Å²) in [5, 5.41) is 8.80. The van der Waals surface area contributed by atoms with Crippen molar-refractivity contribution in [3.63, 3.8) is 0 Å². The van der Waals surface area contributed by atoms with Crippen LogP contribution in [0.25, 0.3) is 0 Å². The van der Waals surface area contributed by atoms with E-state index in [2.05, 4.69) is 9.71 Å². The van der Waals surface area contributed by atoms with Crippen molar-refractivity contribution in [2.75, 3.05) is 0 Å². The monoisotopic (exact) mass is 301 g/mol. The van der Waals surface area contributed by atoms with Crippen LogP contribution >= 0.6 is 0 Å². The molecule has 2 rings (SSSR count). The molecule has 10 heteroatoms. The maximum Gasteiger partial charge on any atom is 0.325 e. The second-order valence-corrected chi connectivity index (χ2v) is 5.91. The van der Waals surface area contributed by atoms with Crippen LogP contribution in [0.2, 0.25) is 0 Å². The summed E-state index contributed by atoms with van der Waals surface area (Å²) in [4.78, 5) is 36.2. The number of sulfonamides is 1. The van der Waals surface area contributed by atoms with Crippen LogP contribution in [-0.4, -0.2) is 35.5 Å². The molecule has 0 saturated heterocycles. The molecule has 0 saturated carbocycles. The summed E-state index contributed by atoms with van der Waals surface area (Å²) in [6.07, 6.45) is 3.65. The van der Waals surface area contributed by atoms with Crippen molar-refractivity contribution in [2.45, 2.75) is 17.4 Å².